The molecule has 0 atom stereocenters. The van der Waals surface area contributed by atoms with E-state index in [2.05, 4.69) is 26.5 Å². The molecule has 0 amide bonds. The summed E-state index contributed by atoms with van der Waals surface area (Å²) in [6.07, 6.45) is 5.40. The molecule has 0 unspecified atom stereocenters. The molecule has 0 N–H and O–H groups in total. The lowest BCUT2D eigenvalue weighted by atomic mass is 10.4. The van der Waals surface area contributed by atoms with Crippen LogP contribution in [-0.2, 0) is 0 Å². The molecule has 0 saturated carbocycles. The molecule has 3 aromatic rings. The summed E-state index contributed by atoms with van der Waals surface area (Å²) in [5.74, 6) is 0. The number of aromatic nitrogens is 3. The monoisotopic (exact) mass is 169 g/mol. The summed E-state index contributed by atoms with van der Waals surface area (Å²) >= 11 is 0. The normalized spacial score (nSPS) is 11.1. The number of fused-ring (bicyclic) bond motifs is 3. The average molecular weight is 169 g/mol. The summed E-state index contributed by atoms with van der Waals surface area (Å²) < 4.78 is 2.05. The van der Waals surface area contributed by atoms with Gasteiger partial charge >= 0.3 is 0 Å². The summed E-state index contributed by atoms with van der Waals surface area (Å²) in [5.41, 5.74) is 2.11. The largest absolute Gasteiger partial charge is 0.301 e. The van der Waals surface area contributed by atoms with Gasteiger partial charge in [-0.3, -0.25) is 0 Å². The highest BCUT2D eigenvalue weighted by Gasteiger charge is 2.00. The highest BCUT2D eigenvalue weighted by Crippen LogP contribution is 2.15. The maximum atomic E-state index is 4.22. The lowest BCUT2D eigenvalue weighted by Gasteiger charge is -1.92. The van der Waals surface area contributed by atoms with Gasteiger partial charge in [0.05, 0.1) is 0 Å². The predicted octanol–water partition coefficient (Wildman–Crippen LogP) is 1.88. The van der Waals surface area contributed by atoms with Crippen molar-refractivity contribution in [3.63, 3.8) is 0 Å². The smallest absolute Gasteiger partial charge is 0.147 e. The molecule has 0 radical (unpaired) electrons. The lowest BCUT2D eigenvalue weighted by molar-refractivity contribution is 1.15. The van der Waals surface area contributed by atoms with Gasteiger partial charge in [-0.05, 0) is 18.2 Å². The van der Waals surface area contributed by atoms with Crippen LogP contribution in [0.3, 0.4) is 0 Å². The Morgan fingerprint density at radius 3 is 3.23 bits per heavy atom. The van der Waals surface area contributed by atoms with Gasteiger partial charge in [0, 0.05) is 23.3 Å². The van der Waals surface area contributed by atoms with E-state index in [1.165, 1.54) is 0 Å². The molecule has 0 aliphatic heterocycles. The summed E-state index contributed by atoms with van der Waals surface area (Å²) in [4.78, 5) is 8.20. The number of nitrogens with zero attached hydrogens (tertiary/aromatic N) is 3. The molecule has 3 heterocycles. The molecule has 0 fully saturated rings. The Labute approximate surface area is 74.7 Å². The van der Waals surface area contributed by atoms with Crippen LogP contribution in [0.25, 0.3) is 16.6 Å². The van der Waals surface area contributed by atoms with Gasteiger partial charge in [0.1, 0.15) is 12.0 Å². The lowest BCUT2D eigenvalue weighted by Crippen LogP contribution is -1.84. The van der Waals surface area contributed by atoms with E-state index in [0.29, 0.717) is 0 Å². The molecule has 3 heteroatoms. The van der Waals surface area contributed by atoms with Crippen molar-refractivity contribution in [2.75, 3.05) is 0 Å². The van der Waals surface area contributed by atoms with Gasteiger partial charge in [-0.1, -0.05) is 6.07 Å². The van der Waals surface area contributed by atoms with Gasteiger partial charge < -0.3 is 4.40 Å². The van der Waals surface area contributed by atoms with Crippen LogP contribution in [0.15, 0.2) is 43.0 Å². The molecular formula is C10H7N3. The third-order valence-electron chi connectivity index (χ3n) is 2.14. The first-order chi connectivity index (χ1) is 6.45. The second kappa shape index (κ2) is 2.29. The Kier molecular flexibility index (Phi) is 1.16. The molecule has 0 saturated heterocycles. The number of rotatable bonds is 0. The molecule has 62 valence electrons. The zero-order chi connectivity index (χ0) is 8.67. The van der Waals surface area contributed by atoms with Crippen LogP contribution in [0.1, 0.15) is 0 Å². The Balaban J connectivity index is 2.64. The highest BCUT2D eigenvalue weighted by molar-refractivity contribution is 5.83. The minimum Gasteiger partial charge on any atom is -0.301 e. The van der Waals surface area contributed by atoms with Crippen molar-refractivity contribution in [1.82, 2.24) is 14.4 Å². The molecule has 0 spiro atoms. The molecule has 3 nitrogen and oxygen atoms in total. The van der Waals surface area contributed by atoms with E-state index in [0.717, 1.165) is 16.6 Å². The fourth-order valence-corrected chi connectivity index (χ4v) is 1.56. The second-order valence-electron chi connectivity index (χ2n) is 2.94. The van der Waals surface area contributed by atoms with Crippen molar-refractivity contribution in [2.24, 2.45) is 0 Å². The molecule has 0 aliphatic carbocycles. The standard InChI is InChI=1S/C10H7N3/c1-2-4-13-9(3-1)5-8-6-11-7-12-10(8)13/h1-7H. The number of hydrogen-bond donors (Lipinski definition) is 0. The van der Waals surface area contributed by atoms with Crippen molar-refractivity contribution in [3.05, 3.63) is 43.0 Å². The van der Waals surface area contributed by atoms with Crippen molar-refractivity contribution >= 4 is 16.6 Å². The average Bonchev–Trinajstić information content (AvgIpc) is 2.56. The van der Waals surface area contributed by atoms with Crippen molar-refractivity contribution < 1.29 is 0 Å². The van der Waals surface area contributed by atoms with Crippen molar-refractivity contribution in [1.29, 1.82) is 0 Å². The van der Waals surface area contributed by atoms with Gasteiger partial charge in [-0.25, -0.2) is 9.97 Å². The molecule has 3 rings (SSSR count). The van der Waals surface area contributed by atoms with E-state index in [1.807, 2.05) is 24.5 Å². The Bertz CT molecular complexity index is 518. The molecule has 13 heavy (non-hydrogen) atoms. The van der Waals surface area contributed by atoms with E-state index >= 15 is 0 Å². The van der Waals surface area contributed by atoms with E-state index in [4.69, 9.17) is 0 Å². The molecule has 0 aliphatic rings. The van der Waals surface area contributed by atoms with Crippen LogP contribution >= 0.6 is 0 Å². The van der Waals surface area contributed by atoms with Crippen LogP contribution < -0.4 is 0 Å². The van der Waals surface area contributed by atoms with Crippen LogP contribution in [0.4, 0.5) is 0 Å². The molecular weight excluding hydrogens is 162 g/mol. The van der Waals surface area contributed by atoms with Crippen LogP contribution in [0.5, 0.6) is 0 Å². The summed E-state index contributed by atoms with van der Waals surface area (Å²) in [7, 11) is 0. The number of hydrogen-bond acceptors (Lipinski definition) is 2. The third kappa shape index (κ3) is 0.839. The zero-order valence-corrected chi connectivity index (χ0v) is 6.88. The van der Waals surface area contributed by atoms with Crippen molar-refractivity contribution in [2.45, 2.75) is 0 Å². The van der Waals surface area contributed by atoms with Crippen molar-refractivity contribution in [3.8, 4) is 0 Å². The van der Waals surface area contributed by atoms with Gasteiger partial charge in [-0.2, -0.15) is 0 Å². The first-order valence-electron chi connectivity index (χ1n) is 4.11. The fraction of sp³-hybridized carbons (Fsp3) is 0. The maximum absolute atomic E-state index is 4.22. The minimum atomic E-state index is 0.964. The maximum Gasteiger partial charge on any atom is 0.147 e. The third-order valence-corrected chi connectivity index (χ3v) is 2.14. The Morgan fingerprint density at radius 1 is 1.23 bits per heavy atom. The summed E-state index contributed by atoms with van der Waals surface area (Å²) in [6, 6.07) is 8.15. The van der Waals surface area contributed by atoms with Gasteiger partial charge in [0.2, 0.25) is 0 Å². The zero-order valence-electron chi connectivity index (χ0n) is 6.88. The summed E-state index contributed by atoms with van der Waals surface area (Å²) in [5, 5.41) is 1.08. The van der Waals surface area contributed by atoms with Crippen LogP contribution in [0.2, 0.25) is 0 Å². The van der Waals surface area contributed by atoms with Gasteiger partial charge in [0.15, 0.2) is 0 Å². The van der Waals surface area contributed by atoms with E-state index in [9.17, 15) is 0 Å². The number of pyridine rings is 1. The first kappa shape index (κ1) is 6.60. The predicted molar refractivity (Wildman–Crippen MR) is 50.5 cm³/mol. The van der Waals surface area contributed by atoms with Gasteiger partial charge in [-0.15, -0.1) is 0 Å². The van der Waals surface area contributed by atoms with E-state index in [-0.39, 0.29) is 0 Å². The minimum absolute atomic E-state index is 0.964. The van der Waals surface area contributed by atoms with E-state index < -0.39 is 0 Å². The van der Waals surface area contributed by atoms with Crippen LogP contribution in [-0.4, -0.2) is 14.4 Å². The quantitative estimate of drug-likeness (QED) is 0.514. The molecule has 0 aromatic carbocycles. The first-order valence-corrected chi connectivity index (χ1v) is 4.11. The Hall–Kier alpha value is -1.90. The molecule has 0 bridgehead atoms. The van der Waals surface area contributed by atoms with E-state index in [1.54, 1.807) is 6.33 Å². The highest BCUT2D eigenvalue weighted by atomic mass is 15.0. The van der Waals surface area contributed by atoms with Gasteiger partial charge in [0.25, 0.3) is 0 Å². The fourth-order valence-electron chi connectivity index (χ4n) is 1.56. The molecule has 3 aromatic heterocycles. The van der Waals surface area contributed by atoms with Crippen LogP contribution in [0, 0.1) is 0 Å². The SMILES string of the molecule is c1ccn2c(c1)cc1cncnc12. The second-order valence-corrected chi connectivity index (χ2v) is 2.94. The topological polar surface area (TPSA) is 30.2 Å². The Morgan fingerprint density at radius 2 is 2.23 bits per heavy atom. The summed E-state index contributed by atoms with van der Waals surface area (Å²) in [6.45, 7) is 0.